The van der Waals surface area contributed by atoms with E-state index in [1.165, 1.54) is 6.21 Å². The van der Waals surface area contributed by atoms with Gasteiger partial charge in [-0.1, -0.05) is 18.6 Å². The van der Waals surface area contributed by atoms with Gasteiger partial charge in [-0.3, -0.25) is 9.59 Å². The van der Waals surface area contributed by atoms with Crippen LogP contribution in [0.2, 0.25) is 0 Å². The van der Waals surface area contributed by atoms with Crippen molar-refractivity contribution in [3.05, 3.63) is 65.4 Å². The lowest BCUT2D eigenvalue weighted by atomic mass is 10.1. The standard InChI is InChI=1S/C26H29N7O4/c27-15-17(6-3-1-2-4-9-24(34)35)25(36)33-23-8-5-7-21(31-23)22-12-13-37-26(32-22)30-19-10-11-20(29)18(14-19)16-28/h5-8,10-12,14-16,27-28H,1-4,9,13,29H2,(H,30,32)(H,34,35)(H,31,33,36)/b17-6+,27-15?,28-16?. The highest BCUT2D eigenvalue weighted by molar-refractivity contribution is 6.16. The molecule has 11 heteroatoms. The fraction of sp³-hybridized carbons (Fsp3) is 0.231. The number of anilines is 3. The third kappa shape index (κ3) is 8.13. The second kappa shape index (κ2) is 13.3. The van der Waals surface area contributed by atoms with Crippen LogP contribution in [0.25, 0.3) is 5.70 Å². The minimum absolute atomic E-state index is 0.126. The number of nitrogens with two attached hydrogens (primary N) is 1. The van der Waals surface area contributed by atoms with Crippen LogP contribution < -0.4 is 16.4 Å². The Labute approximate surface area is 214 Å². The van der Waals surface area contributed by atoms with E-state index in [0.29, 0.717) is 47.0 Å². The van der Waals surface area contributed by atoms with Gasteiger partial charge < -0.3 is 37.0 Å². The Bertz CT molecular complexity index is 1270. The van der Waals surface area contributed by atoms with Gasteiger partial charge in [0.05, 0.1) is 17.0 Å². The van der Waals surface area contributed by atoms with E-state index < -0.39 is 11.9 Å². The Morgan fingerprint density at radius 1 is 1.16 bits per heavy atom. The Kier molecular flexibility index (Phi) is 9.66. The molecule has 0 bridgehead atoms. The topological polar surface area (TPSA) is 187 Å². The van der Waals surface area contributed by atoms with Gasteiger partial charge in [-0.05, 0) is 55.7 Å². The van der Waals surface area contributed by atoms with Crippen LogP contribution in [-0.2, 0) is 14.3 Å². The van der Waals surface area contributed by atoms with Crippen LogP contribution in [-0.4, -0.2) is 47.0 Å². The second-order valence-electron chi connectivity index (χ2n) is 8.09. The number of amidine groups is 1. The number of amides is 1. The normalized spacial score (nSPS) is 13.0. The van der Waals surface area contributed by atoms with Gasteiger partial charge in [0.15, 0.2) is 0 Å². The lowest BCUT2D eigenvalue weighted by Crippen LogP contribution is -2.20. The molecular weight excluding hydrogens is 474 g/mol. The fourth-order valence-corrected chi connectivity index (χ4v) is 3.42. The monoisotopic (exact) mass is 503 g/mol. The average Bonchev–Trinajstić information content (AvgIpc) is 2.89. The summed E-state index contributed by atoms with van der Waals surface area (Å²) in [4.78, 5) is 32.1. The molecule has 0 spiro atoms. The number of carboxylic acids is 1. The molecule has 1 aliphatic rings. The number of aliphatic carboxylic acids is 1. The molecule has 0 atom stereocenters. The van der Waals surface area contributed by atoms with Crippen LogP contribution in [0.3, 0.4) is 0 Å². The van der Waals surface area contributed by atoms with Crippen molar-refractivity contribution in [1.82, 2.24) is 4.98 Å². The zero-order chi connectivity index (χ0) is 26.6. The van der Waals surface area contributed by atoms with E-state index >= 15 is 0 Å². The van der Waals surface area contributed by atoms with Crippen LogP contribution in [0.5, 0.6) is 0 Å². The highest BCUT2D eigenvalue weighted by atomic mass is 16.5. The number of aromatic nitrogens is 1. The summed E-state index contributed by atoms with van der Waals surface area (Å²) >= 11 is 0. The minimum Gasteiger partial charge on any atom is -0.481 e. The van der Waals surface area contributed by atoms with Crippen LogP contribution in [0.1, 0.15) is 43.4 Å². The number of pyridine rings is 1. The number of nitrogen functional groups attached to an aromatic ring is 1. The van der Waals surface area contributed by atoms with E-state index in [9.17, 15) is 9.59 Å². The summed E-state index contributed by atoms with van der Waals surface area (Å²) < 4.78 is 5.57. The number of allylic oxidation sites excluding steroid dienone is 1. The number of ether oxygens (including phenoxy) is 1. The molecule has 0 radical (unpaired) electrons. The summed E-state index contributed by atoms with van der Waals surface area (Å²) in [6, 6.07) is 10.6. The first-order valence-electron chi connectivity index (χ1n) is 11.7. The Hall–Kier alpha value is -4.80. The maximum Gasteiger partial charge on any atom is 0.303 e. The lowest BCUT2D eigenvalue weighted by Gasteiger charge is -2.16. The van der Waals surface area contributed by atoms with Gasteiger partial charge in [0, 0.05) is 35.8 Å². The van der Waals surface area contributed by atoms with Crippen LogP contribution >= 0.6 is 0 Å². The van der Waals surface area contributed by atoms with Crippen molar-refractivity contribution in [3.63, 3.8) is 0 Å². The van der Waals surface area contributed by atoms with Crippen molar-refractivity contribution in [1.29, 1.82) is 10.8 Å². The highest BCUT2D eigenvalue weighted by Crippen LogP contribution is 2.21. The largest absolute Gasteiger partial charge is 0.481 e. The molecule has 0 fully saturated rings. The maximum atomic E-state index is 12.6. The number of unbranched alkanes of at least 4 members (excludes halogenated alkanes) is 3. The number of carboxylic acid groups (broad SMARTS) is 1. The van der Waals surface area contributed by atoms with Crippen LogP contribution in [0.15, 0.2) is 59.1 Å². The van der Waals surface area contributed by atoms with E-state index in [0.717, 1.165) is 19.1 Å². The zero-order valence-electron chi connectivity index (χ0n) is 20.2. The predicted octanol–water partition coefficient (Wildman–Crippen LogP) is 4.05. The lowest BCUT2D eigenvalue weighted by molar-refractivity contribution is -0.137. The van der Waals surface area contributed by atoms with E-state index in [4.69, 9.17) is 26.4 Å². The van der Waals surface area contributed by atoms with Crippen molar-refractivity contribution in [3.8, 4) is 0 Å². The van der Waals surface area contributed by atoms with Gasteiger partial charge >= 0.3 is 5.97 Å². The smallest absolute Gasteiger partial charge is 0.303 e. The first kappa shape index (κ1) is 26.8. The zero-order valence-corrected chi connectivity index (χ0v) is 20.2. The van der Waals surface area contributed by atoms with Gasteiger partial charge in [-0.15, -0.1) is 0 Å². The van der Waals surface area contributed by atoms with Crippen molar-refractivity contribution >= 4 is 53.2 Å². The molecule has 1 amide bonds. The van der Waals surface area contributed by atoms with E-state index in [1.807, 2.05) is 0 Å². The number of nitrogens with one attached hydrogen (secondary N) is 4. The minimum atomic E-state index is -0.820. The molecule has 2 heterocycles. The first-order valence-corrected chi connectivity index (χ1v) is 11.7. The molecule has 0 saturated heterocycles. The van der Waals surface area contributed by atoms with Gasteiger partial charge in [0.2, 0.25) is 0 Å². The number of hydrogen-bond donors (Lipinski definition) is 6. The van der Waals surface area contributed by atoms with Crippen molar-refractivity contribution in [2.24, 2.45) is 4.99 Å². The maximum absolute atomic E-state index is 12.6. The molecular formula is C26H29N7O4. The van der Waals surface area contributed by atoms with E-state index in [2.05, 4.69) is 20.6 Å². The van der Waals surface area contributed by atoms with Gasteiger partial charge in [-0.25, -0.2) is 4.98 Å². The van der Waals surface area contributed by atoms with Crippen LogP contribution in [0, 0.1) is 10.8 Å². The van der Waals surface area contributed by atoms with E-state index in [1.54, 1.807) is 48.6 Å². The van der Waals surface area contributed by atoms with Crippen molar-refractivity contribution < 1.29 is 19.4 Å². The number of hydrogen-bond acceptors (Lipinski definition) is 9. The highest BCUT2D eigenvalue weighted by Gasteiger charge is 2.14. The molecule has 3 rings (SSSR count). The van der Waals surface area contributed by atoms with Gasteiger partial charge in [0.1, 0.15) is 12.4 Å². The summed E-state index contributed by atoms with van der Waals surface area (Å²) in [5.74, 6) is -0.968. The summed E-state index contributed by atoms with van der Waals surface area (Å²) in [5, 5.41) is 29.5. The number of nitrogens with zero attached hydrogens (tertiary/aromatic N) is 2. The Balaban J connectivity index is 1.63. The number of carbonyl (C=O) groups is 2. The third-order valence-electron chi connectivity index (χ3n) is 5.34. The van der Waals surface area contributed by atoms with E-state index in [-0.39, 0.29) is 24.6 Å². The molecule has 1 aliphatic heterocycles. The Morgan fingerprint density at radius 3 is 2.76 bits per heavy atom. The number of rotatable bonds is 12. The molecule has 7 N–H and O–H groups in total. The molecule has 0 aliphatic carbocycles. The summed E-state index contributed by atoms with van der Waals surface area (Å²) in [6.07, 6.45) is 8.32. The molecule has 11 nitrogen and oxygen atoms in total. The van der Waals surface area contributed by atoms with Crippen LogP contribution in [0.4, 0.5) is 17.2 Å². The molecule has 192 valence electrons. The fourth-order valence-electron chi connectivity index (χ4n) is 3.42. The average molecular weight is 504 g/mol. The van der Waals surface area contributed by atoms with Gasteiger partial charge in [0.25, 0.3) is 11.9 Å². The van der Waals surface area contributed by atoms with Gasteiger partial charge in [-0.2, -0.15) is 4.99 Å². The van der Waals surface area contributed by atoms with Crippen molar-refractivity contribution in [2.75, 3.05) is 23.0 Å². The predicted molar refractivity (Wildman–Crippen MR) is 144 cm³/mol. The molecule has 1 aromatic heterocycles. The summed E-state index contributed by atoms with van der Waals surface area (Å²) in [5.41, 5.74) is 8.84. The molecule has 37 heavy (non-hydrogen) atoms. The molecule has 0 saturated carbocycles. The molecule has 1 aromatic carbocycles. The number of aliphatic imine (C=N–C) groups is 1. The third-order valence-corrected chi connectivity index (χ3v) is 5.34. The molecule has 0 unspecified atom stereocenters. The summed E-state index contributed by atoms with van der Waals surface area (Å²) in [7, 11) is 0. The first-order chi connectivity index (χ1) is 17.9. The quantitative estimate of drug-likeness (QED) is 0.109. The van der Waals surface area contributed by atoms with Crippen molar-refractivity contribution in [2.45, 2.75) is 32.1 Å². The molecule has 2 aromatic rings. The SMILES string of the molecule is N=C/C(=C\CCCCCC(=O)O)C(=O)Nc1cccc(C2=CCOC(Nc3ccc(N)c(C=N)c3)=N2)n1. The summed E-state index contributed by atoms with van der Waals surface area (Å²) in [6.45, 7) is 0.263. The number of benzene rings is 1. The number of carbonyl (C=O) groups excluding carboxylic acids is 1. The second-order valence-corrected chi connectivity index (χ2v) is 8.09. The Morgan fingerprint density at radius 2 is 2.00 bits per heavy atom.